The largest absolute Gasteiger partial charge is 0.493 e. The molecule has 0 saturated heterocycles. The van der Waals surface area contributed by atoms with Crippen LogP contribution in [0.3, 0.4) is 0 Å². The van der Waals surface area contributed by atoms with Gasteiger partial charge in [-0.3, -0.25) is 9.59 Å². The maximum Gasteiger partial charge on any atom is 0.255 e. The van der Waals surface area contributed by atoms with E-state index < -0.39 is 11.6 Å². The molecule has 3 aromatic rings. The fourth-order valence-electron chi connectivity index (χ4n) is 3.65. The molecule has 0 fully saturated rings. The van der Waals surface area contributed by atoms with Gasteiger partial charge in [-0.25, -0.2) is 0 Å². The molecular weight excluding hydrogens is 448 g/mol. The second kappa shape index (κ2) is 10.7. The maximum atomic E-state index is 13.9. The van der Waals surface area contributed by atoms with Crippen LogP contribution in [-0.2, 0) is 11.3 Å². The zero-order valence-corrected chi connectivity index (χ0v) is 21.4. The number of methoxy groups -OCH3 is 2. The van der Waals surface area contributed by atoms with Crippen molar-refractivity contribution in [2.24, 2.45) is 0 Å². The number of carbonyl (C=O) groups is 2. The minimum atomic E-state index is -0.817. The van der Waals surface area contributed by atoms with Crippen molar-refractivity contribution in [2.75, 3.05) is 14.2 Å². The van der Waals surface area contributed by atoms with Crippen molar-refractivity contribution in [3.05, 3.63) is 81.5 Å². The highest BCUT2D eigenvalue weighted by molar-refractivity contribution is 7.09. The van der Waals surface area contributed by atoms with Gasteiger partial charge in [0.25, 0.3) is 5.91 Å². The van der Waals surface area contributed by atoms with E-state index in [0.29, 0.717) is 23.6 Å². The van der Waals surface area contributed by atoms with Gasteiger partial charge in [0.05, 0.1) is 20.8 Å². The van der Waals surface area contributed by atoms with E-state index in [0.717, 1.165) is 16.0 Å². The van der Waals surface area contributed by atoms with Gasteiger partial charge in [-0.05, 0) is 62.9 Å². The van der Waals surface area contributed by atoms with Gasteiger partial charge in [-0.1, -0.05) is 35.9 Å². The van der Waals surface area contributed by atoms with Crippen LogP contribution in [0.25, 0.3) is 0 Å². The van der Waals surface area contributed by atoms with E-state index >= 15 is 0 Å². The zero-order chi connectivity index (χ0) is 24.9. The third kappa shape index (κ3) is 6.17. The summed E-state index contributed by atoms with van der Waals surface area (Å²) in [5, 5.41) is 5.03. The van der Waals surface area contributed by atoms with E-state index in [-0.39, 0.29) is 11.8 Å². The second-order valence-electron chi connectivity index (χ2n) is 9.13. The van der Waals surface area contributed by atoms with E-state index in [1.165, 1.54) is 7.11 Å². The van der Waals surface area contributed by atoms with Crippen LogP contribution in [0.2, 0.25) is 0 Å². The van der Waals surface area contributed by atoms with Crippen molar-refractivity contribution in [3.63, 3.8) is 0 Å². The van der Waals surface area contributed by atoms with Crippen LogP contribution in [0.15, 0.2) is 60.0 Å². The molecule has 0 aliphatic rings. The number of nitrogens with one attached hydrogen (secondary N) is 1. The highest BCUT2D eigenvalue weighted by atomic mass is 32.1. The predicted octanol–water partition coefficient (Wildman–Crippen LogP) is 5.37. The predicted molar refractivity (Wildman–Crippen MR) is 136 cm³/mol. The number of amides is 2. The number of hydrogen-bond acceptors (Lipinski definition) is 5. The van der Waals surface area contributed by atoms with Crippen LogP contribution in [0.1, 0.15) is 53.2 Å². The van der Waals surface area contributed by atoms with Gasteiger partial charge >= 0.3 is 0 Å². The Bertz CT molecular complexity index is 1120. The molecule has 0 unspecified atom stereocenters. The standard InChI is InChI=1S/C27H32N2O4S/c1-18-9-11-19(12-10-18)24(25(30)28-27(2,3)4)29(17-21-8-7-15-34-21)26(31)20-13-14-22(32-5)23(16-20)33-6/h7-16,24H,17H2,1-6H3,(H,28,30)/t24-/m1/s1. The summed E-state index contributed by atoms with van der Waals surface area (Å²) in [5.74, 6) is 0.477. The topological polar surface area (TPSA) is 67.9 Å². The lowest BCUT2D eigenvalue weighted by Crippen LogP contribution is -2.49. The Kier molecular flexibility index (Phi) is 7.99. The van der Waals surface area contributed by atoms with Gasteiger partial charge in [0.15, 0.2) is 11.5 Å². The summed E-state index contributed by atoms with van der Waals surface area (Å²) in [6, 6.07) is 15.9. The highest BCUT2D eigenvalue weighted by Crippen LogP contribution is 2.32. The molecular formula is C27H32N2O4S. The number of ether oxygens (including phenoxy) is 2. The quantitative estimate of drug-likeness (QED) is 0.471. The highest BCUT2D eigenvalue weighted by Gasteiger charge is 2.34. The molecule has 3 rings (SSSR count). The summed E-state index contributed by atoms with van der Waals surface area (Å²) in [5.41, 5.74) is 1.78. The number of hydrogen-bond donors (Lipinski definition) is 1. The normalized spacial score (nSPS) is 12.1. The van der Waals surface area contributed by atoms with E-state index in [1.807, 2.05) is 69.5 Å². The molecule has 180 valence electrons. The summed E-state index contributed by atoms with van der Waals surface area (Å²) in [7, 11) is 3.08. The van der Waals surface area contributed by atoms with Gasteiger partial charge in [0, 0.05) is 16.0 Å². The Morgan fingerprint density at radius 3 is 2.24 bits per heavy atom. The number of benzene rings is 2. The van der Waals surface area contributed by atoms with Crippen molar-refractivity contribution in [1.29, 1.82) is 0 Å². The fourth-order valence-corrected chi connectivity index (χ4v) is 4.35. The summed E-state index contributed by atoms with van der Waals surface area (Å²) in [6.45, 7) is 8.07. The Morgan fingerprint density at radius 1 is 1.00 bits per heavy atom. The lowest BCUT2D eigenvalue weighted by Gasteiger charge is -2.33. The van der Waals surface area contributed by atoms with Gasteiger partial charge in [-0.15, -0.1) is 11.3 Å². The second-order valence-corrected chi connectivity index (χ2v) is 10.2. The molecule has 0 spiro atoms. The first-order chi connectivity index (χ1) is 16.1. The van der Waals surface area contributed by atoms with Crippen molar-refractivity contribution < 1.29 is 19.1 Å². The zero-order valence-electron chi connectivity index (χ0n) is 20.5. The third-order valence-electron chi connectivity index (χ3n) is 5.25. The van der Waals surface area contributed by atoms with E-state index in [1.54, 1.807) is 41.5 Å². The summed E-state index contributed by atoms with van der Waals surface area (Å²) >= 11 is 1.55. The molecule has 7 heteroatoms. The Hall–Kier alpha value is -3.32. The minimum absolute atomic E-state index is 0.235. The van der Waals surface area contributed by atoms with Gasteiger partial charge in [0.2, 0.25) is 5.91 Å². The summed E-state index contributed by atoms with van der Waals surface area (Å²) in [6.07, 6.45) is 0. The Labute approximate surface area is 205 Å². The van der Waals surface area contributed by atoms with Crippen LogP contribution in [-0.4, -0.2) is 36.5 Å². The van der Waals surface area contributed by atoms with E-state index in [2.05, 4.69) is 5.32 Å². The number of carbonyl (C=O) groups excluding carboxylic acids is 2. The van der Waals surface area contributed by atoms with Gasteiger partial charge in [0.1, 0.15) is 6.04 Å². The molecule has 0 radical (unpaired) electrons. The van der Waals surface area contributed by atoms with Crippen LogP contribution in [0.5, 0.6) is 11.5 Å². The lowest BCUT2D eigenvalue weighted by atomic mass is 9.99. The van der Waals surface area contributed by atoms with Crippen LogP contribution < -0.4 is 14.8 Å². The minimum Gasteiger partial charge on any atom is -0.493 e. The molecule has 1 heterocycles. The maximum absolute atomic E-state index is 13.9. The smallest absolute Gasteiger partial charge is 0.255 e. The van der Waals surface area contributed by atoms with Crippen molar-refractivity contribution in [3.8, 4) is 11.5 Å². The van der Waals surface area contributed by atoms with Crippen LogP contribution in [0, 0.1) is 6.92 Å². The van der Waals surface area contributed by atoms with Crippen LogP contribution in [0.4, 0.5) is 0 Å². The number of rotatable bonds is 8. The molecule has 0 aliphatic heterocycles. The molecule has 0 saturated carbocycles. The van der Waals surface area contributed by atoms with E-state index in [4.69, 9.17) is 9.47 Å². The van der Waals surface area contributed by atoms with Crippen LogP contribution >= 0.6 is 11.3 Å². The van der Waals surface area contributed by atoms with Crippen molar-refractivity contribution >= 4 is 23.2 Å². The molecule has 1 atom stereocenters. The third-order valence-corrected chi connectivity index (χ3v) is 6.11. The number of nitrogens with zero attached hydrogens (tertiary/aromatic N) is 1. The first kappa shape index (κ1) is 25.3. The average Bonchev–Trinajstić information content (AvgIpc) is 3.31. The first-order valence-corrected chi connectivity index (χ1v) is 11.9. The lowest BCUT2D eigenvalue weighted by molar-refractivity contribution is -0.127. The summed E-state index contributed by atoms with van der Waals surface area (Å²) in [4.78, 5) is 30.2. The Morgan fingerprint density at radius 2 is 1.68 bits per heavy atom. The molecule has 6 nitrogen and oxygen atoms in total. The molecule has 1 N–H and O–H groups in total. The van der Waals surface area contributed by atoms with Crippen molar-refractivity contribution in [2.45, 2.75) is 45.8 Å². The first-order valence-electron chi connectivity index (χ1n) is 11.1. The van der Waals surface area contributed by atoms with Gasteiger partial charge < -0.3 is 19.7 Å². The molecule has 2 aromatic carbocycles. The fraction of sp³-hybridized carbons (Fsp3) is 0.333. The molecule has 0 aliphatic carbocycles. The molecule has 34 heavy (non-hydrogen) atoms. The SMILES string of the molecule is COc1ccc(C(=O)N(Cc2cccs2)[C@@H](C(=O)NC(C)(C)C)c2ccc(C)cc2)cc1OC. The summed E-state index contributed by atoms with van der Waals surface area (Å²) < 4.78 is 10.7. The van der Waals surface area contributed by atoms with E-state index in [9.17, 15) is 9.59 Å². The van der Waals surface area contributed by atoms with Crippen molar-refractivity contribution in [1.82, 2.24) is 10.2 Å². The Balaban J connectivity index is 2.11. The molecule has 0 bridgehead atoms. The molecule has 1 aromatic heterocycles. The number of thiophene rings is 1. The average molecular weight is 481 g/mol. The monoisotopic (exact) mass is 480 g/mol. The number of aryl methyl sites for hydroxylation is 1. The molecule has 2 amide bonds. The van der Waals surface area contributed by atoms with Gasteiger partial charge in [-0.2, -0.15) is 0 Å².